The van der Waals surface area contributed by atoms with Gasteiger partial charge in [-0.15, -0.1) is 0 Å². The summed E-state index contributed by atoms with van der Waals surface area (Å²) in [4.78, 5) is 11.1. The SMILES string of the molecule is CC(NC(=O)CC#N)c1cnn(C)c1. The first-order valence-corrected chi connectivity index (χ1v) is 4.28. The third-order valence-electron chi connectivity index (χ3n) is 1.84. The standard InChI is InChI=1S/C9H12N4O/c1-7(12-9(14)3-4-10)8-5-11-13(2)6-8/h5-7H,3H2,1-2H3,(H,12,14). The van der Waals surface area contributed by atoms with Gasteiger partial charge >= 0.3 is 0 Å². The molecule has 1 aromatic rings. The first kappa shape index (κ1) is 10.3. The predicted molar refractivity (Wildman–Crippen MR) is 50.0 cm³/mol. The normalized spacial score (nSPS) is 11.8. The van der Waals surface area contributed by atoms with Crippen molar-refractivity contribution in [2.24, 2.45) is 7.05 Å². The maximum atomic E-state index is 11.1. The van der Waals surface area contributed by atoms with Crippen LogP contribution in [0.4, 0.5) is 0 Å². The number of amides is 1. The highest BCUT2D eigenvalue weighted by atomic mass is 16.1. The summed E-state index contributed by atoms with van der Waals surface area (Å²) in [5.41, 5.74) is 0.929. The van der Waals surface area contributed by atoms with E-state index in [1.165, 1.54) is 0 Å². The fraction of sp³-hybridized carbons (Fsp3) is 0.444. The lowest BCUT2D eigenvalue weighted by Gasteiger charge is -2.09. The zero-order chi connectivity index (χ0) is 10.6. The summed E-state index contributed by atoms with van der Waals surface area (Å²) in [6.45, 7) is 1.85. The highest BCUT2D eigenvalue weighted by Gasteiger charge is 2.10. The number of carbonyl (C=O) groups is 1. The van der Waals surface area contributed by atoms with Crippen molar-refractivity contribution >= 4 is 5.91 Å². The monoisotopic (exact) mass is 192 g/mol. The molecule has 1 heterocycles. The first-order chi connectivity index (χ1) is 6.63. The molecule has 1 rings (SSSR count). The van der Waals surface area contributed by atoms with E-state index in [1.54, 1.807) is 16.9 Å². The lowest BCUT2D eigenvalue weighted by molar-refractivity contribution is -0.120. The number of aryl methyl sites for hydroxylation is 1. The van der Waals surface area contributed by atoms with Crippen molar-refractivity contribution in [1.82, 2.24) is 15.1 Å². The van der Waals surface area contributed by atoms with Crippen LogP contribution in [-0.2, 0) is 11.8 Å². The molecule has 0 aliphatic carbocycles. The first-order valence-electron chi connectivity index (χ1n) is 4.28. The van der Waals surface area contributed by atoms with Crippen molar-refractivity contribution in [2.45, 2.75) is 19.4 Å². The van der Waals surface area contributed by atoms with Crippen LogP contribution in [0, 0.1) is 11.3 Å². The molecule has 1 aromatic heterocycles. The molecule has 0 bridgehead atoms. The number of hydrogen-bond acceptors (Lipinski definition) is 3. The molecule has 1 atom stereocenters. The van der Waals surface area contributed by atoms with Gasteiger partial charge in [0.25, 0.3) is 0 Å². The third-order valence-corrected chi connectivity index (χ3v) is 1.84. The Labute approximate surface area is 82.3 Å². The van der Waals surface area contributed by atoms with Gasteiger partial charge in [-0.3, -0.25) is 9.48 Å². The van der Waals surface area contributed by atoms with E-state index < -0.39 is 0 Å². The molecule has 0 aromatic carbocycles. The minimum atomic E-state index is -0.260. The van der Waals surface area contributed by atoms with Gasteiger partial charge in [-0.2, -0.15) is 10.4 Å². The highest BCUT2D eigenvalue weighted by Crippen LogP contribution is 2.09. The zero-order valence-corrected chi connectivity index (χ0v) is 8.19. The molecule has 0 saturated carbocycles. The molecule has 0 spiro atoms. The molecule has 1 amide bonds. The Morgan fingerprint density at radius 2 is 2.57 bits per heavy atom. The number of carbonyl (C=O) groups excluding carboxylic acids is 1. The van der Waals surface area contributed by atoms with Crippen molar-refractivity contribution in [3.05, 3.63) is 18.0 Å². The van der Waals surface area contributed by atoms with Gasteiger partial charge in [0.1, 0.15) is 6.42 Å². The smallest absolute Gasteiger partial charge is 0.234 e. The van der Waals surface area contributed by atoms with E-state index in [1.807, 2.05) is 20.2 Å². The van der Waals surface area contributed by atoms with Crippen molar-refractivity contribution in [1.29, 1.82) is 5.26 Å². The van der Waals surface area contributed by atoms with E-state index in [4.69, 9.17) is 5.26 Å². The number of nitrogens with zero attached hydrogens (tertiary/aromatic N) is 3. The number of nitrogens with one attached hydrogen (secondary N) is 1. The molecule has 5 heteroatoms. The van der Waals surface area contributed by atoms with Crippen LogP contribution in [0.1, 0.15) is 24.9 Å². The number of aromatic nitrogens is 2. The summed E-state index contributed by atoms with van der Waals surface area (Å²) >= 11 is 0. The quantitative estimate of drug-likeness (QED) is 0.758. The van der Waals surface area contributed by atoms with Crippen LogP contribution in [0.15, 0.2) is 12.4 Å². The van der Waals surface area contributed by atoms with Gasteiger partial charge < -0.3 is 5.32 Å². The summed E-state index contributed by atoms with van der Waals surface area (Å²) in [6.07, 6.45) is 3.42. The molecular formula is C9H12N4O. The molecule has 0 radical (unpaired) electrons. The van der Waals surface area contributed by atoms with Crippen LogP contribution in [0.25, 0.3) is 0 Å². The number of rotatable bonds is 3. The summed E-state index contributed by atoms with van der Waals surface area (Å²) in [7, 11) is 1.81. The molecule has 14 heavy (non-hydrogen) atoms. The van der Waals surface area contributed by atoms with Gasteiger partial charge in [0.05, 0.1) is 18.3 Å². The minimum absolute atomic E-state index is 0.107. The van der Waals surface area contributed by atoms with E-state index in [0.717, 1.165) is 5.56 Å². The molecule has 1 N–H and O–H groups in total. The molecule has 0 saturated heterocycles. The van der Waals surface area contributed by atoms with Gasteiger partial charge in [0.15, 0.2) is 0 Å². The summed E-state index contributed by atoms with van der Waals surface area (Å²) in [5, 5.41) is 15.0. The van der Waals surface area contributed by atoms with Gasteiger partial charge in [-0.1, -0.05) is 0 Å². The fourth-order valence-corrected chi connectivity index (χ4v) is 1.11. The van der Waals surface area contributed by atoms with Gasteiger partial charge in [-0.25, -0.2) is 0 Å². The largest absolute Gasteiger partial charge is 0.349 e. The van der Waals surface area contributed by atoms with Gasteiger partial charge in [0, 0.05) is 18.8 Å². The van der Waals surface area contributed by atoms with Crippen LogP contribution in [0.5, 0.6) is 0 Å². The lowest BCUT2D eigenvalue weighted by Crippen LogP contribution is -2.25. The Morgan fingerprint density at radius 1 is 1.86 bits per heavy atom. The Kier molecular flexibility index (Phi) is 3.24. The zero-order valence-electron chi connectivity index (χ0n) is 8.19. The van der Waals surface area contributed by atoms with Crippen molar-refractivity contribution in [3.63, 3.8) is 0 Å². The van der Waals surface area contributed by atoms with Crippen LogP contribution in [0.2, 0.25) is 0 Å². The second kappa shape index (κ2) is 4.42. The second-order valence-electron chi connectivity index (χ2n) is 3.07. The molecule has 1 unspecified atom stereocenters. The van der Waals surface area contributed by atoms with E-state index in [-0.39, 0.29) is 18.4 Å². The average Bonchev–Trinajstić information content (AvgIpc) is 2.52. The molecule has 74 valence electrons. The second-order valence-corrected chi connectivity index (χ2v) is 3.07. The van der Waals surface area contributed by atoms with E-state index in [9.17, 15) is 4.79 Å². The lowest BCUT2D eigenvalue weighted by atomic mass is 10.2. The van der Waals surface area contributed by atoms with Crippen LogP contribution >= 0.6 is 0 Å². The van der Waals surface area contributed by atoms with Crippen LogP contribution in [-0.4, -0.2) is 15.7 Å². The summed E-state index contributed by atoms with van der Waals surface area (Å²) in [5.74, 6) is -0.260. The van der Waals surface area contributed by atoms with Gasteiger partial charge in [-0.05, 0) is 6.92 Å². The van der Waals surface area contributed by atoms with E-state index in [0.29, 0.717) is 0 Å². The van der Waals surface area contributed by atoms with Crippen molar-refractivity contribution in [2.75, 3.05) is 0 Å². The topological polar surface area (TPSA) is 70.7 Å². The maximum Gasteiger partial charge on any atom is 0.234 e. The molecular weight excluding hydrogens is 180 g/mol. The average molecular weight is 192 g/mol. The third kappa shape index (κ3) is 2.59. The minimum Gasteiger partial charge on any atom is -0.349 e. The van der Waals surface area contributed by atoms with Crippen molar-refractivity contribution < 1.29 is 4.79 Å². The van der Waals surface area contributed by atoms with Crippen LogP contribution in [0.3, 0.4) is 0 Å². The Hall–Kier alpha value is -1.83. The Balaban J connectivity index is 2.55. The van der Waals surface area contributed by atoms with Crippen LogP contribution < -0.4 is 5.32 Å². The molecule has 0 aliphatic heterocycles. The highest BCUT2D eigenvalue weighted by molar-refractivity contribution is 5.78. The maximum absolute atomic E-state index is 11.1. The summed E-state index contributed by atoms with van der Waals surface area (Å²) < 4.78 is 1.67. The molecule has 0 fully saturated rings. The predicted octanol–water partition coefficient (Wildman–Crippen LogP) is 0.511. The van der Waals surface area contributed by atoms with E-state index >= 15 is 0 Å². The van der Waals surface area contributed by atoms with E-state index in [2.05, 4.69) is 10.4 Å². The van der Waals surface area contributed by atoms with Crippen molar-refractivity contribution in [3.8, 4) is 6.07 Å². The number of hydrogen-bond donors (Lipinski definition) is 1. The van der Waals surface area contributed by atoms with Gasteiger partial charge in [0.2, 0.25) is 5.91 Å². The fourth-order valence-electron chi connectivity index (χ4n) is 1.11. The number of nitriles is 1. The molecule has 5 nitrogen and oxygen atoms in total. The Bertz CT molecular complexity index is 363. The Morgan fingerprint density at radius 3 is 3.07 bits per heavy atom. The summed E-state index contributed by atoms with van der Waals surface area (Å²) in [6, 6.07) is 1.69. The molecule has 0 aliphatic rings.